The van der Waals surface area contributed by atoms with Crippen LogP contribution in [-0.4, -0.2) is 60.3 Å². The quantitative estimate of drug-likeness (QED) is 0.605. The first-order chi connectivity index (χ1) is 14.7. The lowest BCUT2D eigenvalue weighted by atomic mass is 9.99. The molecule has 7 nitrogen and oxygen atoms in total. The first kappa shape index (κ1) is 24.8. The van der Waals surface area contributed by atoms with E-state index in [1.165, 1.54) is 22.2 Å². The normalized spacial score (nSPS) is 24.8. The second-order valence-corrected chi connectivity index (χ2v) is 11.3. The number of piperazine rings is 1. The molecule has 1 fully saturated rings. The molecule has 1 amide bonds. The van der Waals surface area contributed by atoms with Gasteiger partial charge in [0.15, 0.2) is 5.60 Å². The van der Waals surface area contributed by atoms with Crippen molar-refractivity contribution in [3.05, 3.63) is 39.9 Å². The van der Waals surface area contributed by atoms with E-state index in [9.17, 15) is 35.9 Å². The maximum atomic E-state index is 13.4. The molecule has 3 atom stereocenters. The number of sulfonamides is 1. The van der Waals surface area contributed by atoms with E-state index in [4.69, 9.17) is 5.73 Å². The number of anilines is 1. The van der Waals surface area contributed by atoms with Crippen LogP contribution in [0, 0.1) is 5.82 Å². The van der Waals surface area contributed by atoms with Gasteiger partial charge >= 0.3 is 6.18 Å². The number of benzene rings is 1. The summed E-state index contributed by atoms with van der Waals surface area (Å²) in [5.41, 5.74) is 1.96. The Bertz CT molecular complexity index is 1040. The van der Waals surface area contributed by atoms with Crippen LogP contribution in [0.5, 0.6) is 0 Å². The number of hydrogen-bond donors (Lipinski definition) is 2. The molecule has 0 aliphatic carbocycles. The second-order valence-electron chi connectivity index (χ2n) is 7.95. The van der Waals surface area contributed by atoms with Gasteiger partial charge in [-0.15, -0.1) is 11.8 Å². The highest BCUT2D eigenvalue weighted by Gasteiger charge is 2.45. The summed E-state index contributed by atoms with van der Waals surface area (Å²) in [6.45, 7) is 2.64. The number of alkyl halides is 3. The topological polar surface area (TPSA) is 104 Å². The average molecular weight is 498 g/mol. The largest absolute Gasteiger partial charge is 0.418 e. The Morgan fingerprint density at radius 3 is 2.50 bits per heavy atom. The highest BCUT2D eigenvalue weighted by molar-refractivity contribution is 8.18. The molecule has 13 heteroatoms. The monoisotopic (exact) mass is 497 g/mol. The van der Waals surface area contributed by atoms with Crippen LogP contribution >= 0.6 is 11.8 Å². The summed E-state index contributed by atoms with van der Waals surface area (Å²) >= 11 is 0.830. The summed E-state index contributed by atoms with van der Waals surface area (Å²) in [5.74, 6) is -1.98. The number of thioether (sulfide) groups is 1. The molecule has 2 aliphatic heterocycles. The Kier molecular flexibility index (Phi) is 6.59. The van der Waals surface area contributed by atoms with E-state index in [-0.39, 0.29) is 36.0 Å². The number of hydrogen-bond acceptors (Lipinski definition) is 6. The lowest BCUT2D eigenvalue weighted by molar-refractivity contribution is -0.137. The van der Waals surface area contributed by atoms with Crippen molar-refractivity contribution in [3.63, 3.8) is 0 Å². The van der Waals surface area contributed by atoms with Crippen LogP contribution < -0.4 is 10.6 Å². The Hall–Kier alpha value is -1.83. The van der Waals surface area contributed by atoms with Crippen LogP contribution in [0.25, 0.3) is 0 Å². The van der Waals surface area contributed by atoms with Crippen LogP contribution in [0.2, 0.25) is 0 Å². The highest BCUT2D eigenvalue weighted by atomic mass is 32.3. The number of primary amides is 1. The van der Waals surface area contributed by atoms with E-state index in [1.807, 2.05) is 0 Å². The van der Waals surface area contributed by atoms with Crippen LogP contribution in [0.3, 0.4) is 0 Å². The number of amides is 1. The first-order valence-corrected chi connectivity index (χ1v) is 12.0. The summed E-state index contributed by atoms with van der Waals surface area (Å²) < 4.78 is 81.0. The zero-order chi connectivity index (χ0) is 24.1. The van der Waals surface area contributed by atoms with Crippen molar-refractivity contribution in [3.8, 4) is 0 Å². The van der Waals surface area contributed by atoms with Crippen molar-refractivity contribution in [2.75, 3.05) is 24.5 Å². The smallest absolute Gasteiger partial charge is 0.379 e. The summed E-state index contributed by atoms with van der Waals surface area (Å²) in [7, 11) is -4.00. The van der Waals surface area contributed by atoms with Crippen LogP contribution in [0.1, 0.15) is 25.8 Å². The van der Waals surface area contributed by atoms with E-state index < -0.39 is 50.4 Å². The average Bonchev–Trinajstić information content (AvgIpc) is 3.18. The summed E-state index contributed by atoms with van der Waals surface area (Å²) in [6, 6.07) is 1.72. The molecule has 0 radical (unpaired) electrons. The van der Waals surface area contributed by atoms with Crippen molar-refractivity contribution >= 4 is 33.4 Å². The minimum atomic E-state index is -4.76. The Morgan fingerprint density at radius 2 is 1.94 bits per heavy atom. The third-order valence-corrected chi connectivity index (χ3v) is 9.71. The fraction of sp³-hybridized carbons (Fsp3) is 0.526. The summed E-state index contributed by atoms with van der Waals surface area (Å²) in [4.78, 5) is 12.9. The minimum absolute atomic E-state index is 0.0291. The van der Waals surface area contributed by atoms with Crippen molar-refractivity contribution < 1.29 is 35.9 Å². The predicted octanol–water partition coefficient (Wildman–Crippen LogP) is 2.27. The molecule has 32 heavy (non-hydrogen) atoms. The van der Waals surface area contributed by atoms with Gasteiger partial charge in [-0.05, 0) is 38.5 Å². The molecule has 1 aromatic carbocycles. The second kappa shape index (κ2) is 8.50. The number of aliphatic hydroxyl groups is 1. The van der Waals surface area contributed by atoms with Crippen LogP contribution in [0.15, 0.2) is 28.5 Å². The predicted molar refractivity (Wildman–Crippen MR) is 113 cm³/mol. The number of nitrogens with two attached hydrogens (primary N) is 1. The molecule has 0 spiro atoms. The van der Waals surface area contributed by atoms with Gasteiger partial charge in [0.25, 0.3) is 0 Å². The fourth-order valence-electron chi connectivity index (χ4n) is 3.75. The van der Waals surface area contributed by atoms with Gasteiger partial charge in [-0.25, -0.2) is 12.8 Å². The van der Waals surface area contributed by atoms with Crippen molar-refractivity contribution in [1.82, 2.24) is 4.31 Å². The van der Waals surface area contributed by atoms with E-state index in [1.54, 1.807) is 6.92 Å². The van der Waals surface area contributed by atoms with Gasteiger partial charge in [0.1, 0.15) is 10.1 Å². The van der Waals surface area contributed by atoms with Crippen molar-refractivity contribution in [2.45, 2.75) is 43.3 Å². The number of rotatable bonds is 5. The number of halogens is 4. The van der Waals surface area contributed by atoms with E-state index >= 15 is 0 Å². The minimum Gasteiger partial charge on any atom is -0.379 e. The number of nitrogens with zero attached hydrogens (tertiary/aromatic N) is 2. The molecule has 1 saturated heterocycles. The van der Waals surface area contributed by atoms with Gasteiger partial charge in [0, 0.05) is 31.4 Å². The van der Waals surface area contributed by atoms with Gasteiger partial charge in [-0.1, -0.05) is 6.08 Å². The molecule has 1 aromatic rings. The Balaban J connectivity index is 1.77. The number of carbonyl (C=O) groups is 1. The van der Waals surface area contributed by atoms with E-state index in [0.29, 0.717) is 6.07 Å². The van der Waals surface area contributed by atoms with Gasteiger partial charge in [-0.2, -0.15) is 17.5 Å². The van der Waals surface area contributed by atoms with Gasteiger partial charge < -0.3 is 15.7 Å². The SMILES string of the molecule is C[C@@H]1CN(c2ccc(F)cc2C(F)(F)F)CCN1S(=O)(=O)C1=CCC(C(C)(O)C(N)=O)S1. The Morgan fingerprint density at radius 1 is 1.28 bits per heavy atom. The van der Waals surface area contributed by atoms with Crippen LogP contribution in [-0.2, 0) is 21.0 Å². The first-order valence-electron chi connectivity index (χ1n) is 9.68. The third-order valence-electron chi connectivity index (χ3n) is 5.62. The van der Waals surface area contributed by atoms with Crippen LogP contribution in [0.4, 0.5) is 23.2 Å². The molecular weight excluding hydrogens is 474 g/mol. The molecule has 0 saturated carbocycles. The molecule has 3 N–H and O–H groups in total. The van der Waals surface area contributed by atoms with Gasteiger partial charge in [-0.3, -0.25) is 4.79 Å². The van der Waals surface area contributed by atoms with Crippen molar-refractivity contribution in [1.29, 1.82) is 0 Å². The highest BCUT2D eigenvalue weighted by Crippen LogP contribution is 2.43. The molecule has 178 valence electrons. The zero-order valence-electron chi connectivity index (χ0n) is 17.3. The molecule has 3 rings (SSSR count). The standard InChI is InChI=1S/C19H23F4N3O4S2/c1-11-10-25(14-4-3-12(20)9-13(14)19(21,22)23)7-8-26(11)32(29,30)16-6-5-15(31-16)18(2,28)17(24)27/h3-4,6,9,11,15,28H,5,7-8,10H2,1-2H3,(H2,24,27)/t11-,15?,18?/m1/s1. The molecule has 2 unspecified atom stereocenters. The number of allylic oxidation sites excluding steroid dienone is 1. The third kappa shape index (κ3) is 4.61. The van der Waals surface area contributed by atoms with E-state index in [0.717, 1.165) is 23.9 Å². The molecule has 2 heterocycles. The molecule has 2 aliphatic rings. The summed E-state index contributed by atoms with van der Waals surface area (Å²) in [6.07, 6.45) is -3.24. The lowest BCUT2D eigenvalue weighted by Crippen LogP contribution is -2.54. The van der Waals surface area contributed by atoms with Gasteiger partial charge in [0.05, 0.1) is 10.8 Å². The fourth-order valence-corrected chi connectivity index (χ4v) is 7.29. The molecule has 0 aromatic heterocycles. The van der Waals surface area contributed by atoms with E-state index in [2.05, 4.69) is 0 Å². The van der Waals surface area contributed by atoms with Crippen molar-refractivity contribution in [2.24, 2.45) is 5.73 Å². The maximum Gasteiger partial charge on any atom is 0.418 e. The zero-order valence-corrected chi connectivity index (χ0v) is 18.9. The molecular formula is C19H23F4N3O4S2. The lowest BCUT2D eigenvalue weighted by Gasteiger charge is -2.41. The summed E-state index contributed by atoms with van der Waals surface area (Å²) in [5, 5.41) is 9.48. The van der Waals surface area contributed by atoms with Gasteiger partial charge in [0.2, 0.25) is 15.9 Å². The maximum absolute atomic E-state index is 13.4. The molecule has 0 bridgehead atoms. The number of carbonyl (C=O) groups excluding carboxylic acids is 1. The Labute approximate surface area is 187 Å².